The molecule has 1 aromatic carbocycles. The highest BCUT2D eigenvalue weighted by Crippen LogP contribution is 2.19. The smallest absolute Gasteiger partial charge is 0.137 e. The van der Waals surface area contributed by atoms with Crippen LogP contribution in [0.5, 0.6) is 5.75 Å². The van der Waals surface area contributed by atoms with Gasteiger partial charge in [-0.05, 0) is 38.0 Å². The largest absolute Gasteiger partial charge is 0.489 e. The number of nitriles is 1. The summed E-state index contributed by atoms with van der Waals surface area (Å²) in [5.74, 6) is 0.675. The van der Waals surface area contributed by atoms with Gasteiger partial charge in [-0.1, -0.05) is 32.3 Å². The average Bonchev–Trinajstić information content (AvgIpc) is 2.35. The van der Waals surface area contributed by atoms with E-state index in [1.54, 1.807) is 18.2 Å². The molecule has 0 aliphatic heterocycles. The summed E-state index contributed by atoms with van der Waals surface area (Å²) in [6, 6.07) is 10.3. The Kier molecular flexibility index (Phi) is 6.17. The van der Waals surface area contributed by atoms with Crippen LogP contribution in [0.4, 0.5) is 0 Å². The molecule has 0 saturated carbocycles. The van der Waals surface area contributed by atoms with E-state index in [0.717, 1.165) is 6.42 Å². The Labute approximate surface area is 104 Å². The molecule has 0 aliphatic carbocycles. The van der Waals surface area contributed by atoms with E-state index in [2.05, 4.69) is 26.0 Å². The molecule has 2 heteroatoms. The van der Waals surface area contributed by atoms with Crippen molar-refractivity contribution in [1.29, 1.82) is 5.26 Å². The summed E-state index contributed by atoms with van der Waals surface area (Å²) < 4.78 is 5.77. The van der Waals surface area contributed by atoms with Crippen molar-refractivity contribution >= 4 is 0 Å². The second-order valence-corrected chi connectivity index (χ2v) is 4.31. The molecule has 2 nitrogen and oxygen atoms in total. The third kappa shape index (κ3) is 4.91. The Hall–Kier alpha value is -1.49. The van der Waals surface area contributed by atoms with Crippen LogP contribution >= 0.6 is 0 Å². The first-order valence-corrected chi connectivity index (χ1v) is 6.34. The zero-order chi connectivity index (χ0) is 12.5. The fourth-order valence-electron chi connectivity index (χ4n) is 1.74. The van der Waals surface area contributed by atoms with Gasteiger partial charge < -0.3 is 4.74 Å². The third-order valence-corrected chi connectivity index (χ3v) is 2.74. The van der Waals surface area contributed by atoms with E-state index in [-0.39, 0.29) is 6.10 Å². The molecular formula is C15H20NO. The Morgan fingerprint density at radius 1 is 1.41 bits per heavy atom. The Balaban J connectivity index is 2.40. The minimum Gasteiger partial charge on any atom is -0.489 e. The molecule has 0 bridgehead atoms. The average molecular weight is 230 g/mol. The van der Waals surface area contributed by atoms with Gasteiger partial charge in [0.25, 0.3) is 0 Å². The van der Waals surface area contributed by atoms with Crippen molar-refractivity contribution < 1.29 is 4.74 Å². The first kappa shape index (κ1) is 13.6. The van der Waals surface area contributed by atoms with Gasteiger partial charge in [-0.15, -0.1) is 0 Å². The zero-order valence-electron chi connectivity index (χ0n) is 10.7. The monoisotopic (exact) mass is 230 g/mol. The van der Waals surface area contributed by atoms with Gasteiger partial charge in [0.05, 0.1) is 11.7 Å². The molecule has 0 aliphatic rings. The number of rotatable bonds is 7. The highest BCUT2D eigenvalue weighted by molar-refractivity contribution is 5.42. The van der Waals surface area contributed by atoms with Gasteiger partial charge in [0.15, 0.2) is 0 Å². The summed E-state index contributed by atoms with van der Waals surface area (Å²) in [5, 5.41) is 8.93. The van der Waals surface area contributed by atoms with E-state index in [0.29, 0.717) is 11.3 Å². The van der Waals surface area contributed by atoms with Gasteiger partial charge in [0, 0.05) is 0 Å². The molecule has 91 valence electrons. The topological polar surface area (TPSA) is 33.0 Å². The molecule has 1 rings (SSSR count). The summed E-state index contributed by atoms with van der Waals surface area (Å²) in [4.78, 5) is 0. The van der Waals surface area contributed by atoms with Crippen molar-refractivity contribution in [2.45, 2.75) is 52.1 Å². The first-order valence-electron chi connectivity index (χ1n) is 6.34. The van der Waals surface area contributed by atoms with Crippen LogP contribution < -0.4 is 4.74 Å². The number of unbranched alkanes of at least 4 members (excludes halogenated alkanes) is 3. The lowest BCUT2D eigenvalue weighted by molar-refractivity contribution is 0.206. The number of hydrogen-bond acceptors (Lipinski definition) is 2. The van der Waals surface area contributed by atoms with Crippen LogP contribution in [0.1, 0.15) is 51.5 Å². The highest BCUT2D eigenvalue weighted by Gasteiger charge is 2.07. The predicted molar refractivity (Wildman–Crippen MR) is 68.8 cm³/mol. The molecule has 1 atom stereocenters. The lowest BCUT2D eigenvalue weighted by Crippen LogP contribution is -2.12. The predicted octanol–water partition coefficient (Wildman–Crippen LogP) is 4.10. The van der Waals surface area contributed by atoms with E-state index in [4.69, 9.17) is 10.00 Å². The third-order valence-electron chi connectivity index (χ3n) is 2.74. The quantitative estimate of drug-likeness (QED) is 0.661. The summed E-state index contributed by atoms with van der Waals surface area (Å²) in [6.45, 7) is 4.27. The van der Waals surface area contributed by atoms with Crippen LogP contribution in [-0.4, -0.2) is 6.10 Å². The number of benzene rings is 1. The molecule has 0 saturated heterocycles. The van der Waals surface area contributed by atoms with Crippen molar-refractivity contribution in [2.75, 3.05) is 0 Å². The molecular weight excluding hydrogens is 210 g/mol. The maximum atomic E-state index is 8.93. The lowest BCUT2D eigenvalue weighted by atomic mass is 10.1. The van der Waals surface area contributed by atoms with Crippen LogP contribution in [0, 0.1) is 17.4 Å². The molecule has 17 heavy (non-hydrogen) atoms. The molecule has 1 aromatic rings. The molecule has 0 heterocycles. The van der Waals surface area contributed by atoms with Gasteiger partial charge in [-0.3, -0.25) is 0 Å². The molecule has 1 radical (unpaired) electrons. The van der Waals surface area contributed by atoms with E-state index in [1.165, 1.54) is 25.7 Å². The summed E-state index contributed by atoms with van der Waals surface area (Å²) in [7, 11) is 0. The molecule has 0 amide bonds. The van der Waals surface area contributed by atoms with Crippen molar-refractivity contribution in [3.8, 4) is 11.8 Å². The Morgan fingerprint density at radius 2 is 2.24 bits per heavy atom. The normalized spacial score (nSPS) is 11.8. The molecule has 0 aromatic heterocycles. The van der Waals surface area contributed by atoms with E-state index >= 15 is 0 Å². The fraction of sp³-hybridized carbons (Fsp3) is 0.533. The standard InChI is InChI=1S/C15H20NO/c1-3-4-5-6-9-13(2)17-15-11-8-7-10-14(15)12-16/h8,10-11,13H,3-6,9H2,1-2H3/t13-/m1/s1. The maximum Gasteiger partial charge on any atom is 0.137 e. The molecule has 0 spiro atoms. The lowest BCUT2D eigenvalue weighted by Gasteiger charge is -2.15. The van der Waals surface area contributed by atoms with Crippen LogP contribution in [0.3, 0.4) is 0 Å². The Bertz CT molecular complexity index is 367. The van der Waals surface area contributed by atoms with Crippen LogP contribution in [0.2, 0.25) is 0 Å². The van der Waals surface area contributed by atoms with E-state index in [1.807, 2.05) is 0 Å². The molecule has 0 N–H and O–H groups in total. The minimum atomic E-state index is 0.168. The van der Waals surface area contributed by atoms with Gasteiger partial charge in [-0.25, -0.2) is 0 Å². The van der Waals surface area contributed by atoms with Gasteiger partial charge in [0.2, 0.25) is 0 Å². The second-order valence-electron chi connectivity index (χ2n) is 4.31. The number of nitrogens with zero attached hydrogens (tertiary/aromatic N) is 1. The van der Waals surface area contributed by atoms with Crippen LogP contribution in [0.15, 0.2) is 18.2 Å². The summed E-state index contributed by atoms with van der Waals surface area (Å²) >= 11 is 0. The fourth-order valence-corrected chi connectivity index (χ4v) is 1.74. The van der Waals surface area contributed by atoms with E-state index in [9.17, 15) is 0 Å². The van der Waals surface area contributed by atoms with Gasteiger partial charge in [-0.2, -0.15) is 5.26 Å². The number of ether oxygens (including phenoxy) is 1. The molecule has 0 unspecified atom stereocenters. The van der Waals surface area contributed by atoms with Crippen LogP contribution in [0.25, 0.3) is 0 Å². The zero-order valence-corrected chi connectivity index (χ0v) is 10.7. The summed E-state index contributed by atoms with van der Waals surface area (Å²) in [6.07, 6.45) is 6.21. The van der Waals surface area contributed by atoms with Crippen LogP contribution in [-0.2, 0) is 0 Å². The highest BCUT2D eigenvalue weighted by atomic mass is 16.5. The van der Waals surface area contributed by atoms with Crippen molar-refractivity contribution in [3.05, 3.63) is 29.8 Å². The van der Waals surface area contributed by atoms with Crippen molar-refractivity contribution in [2.24, 2.45) is 0 Å². The van der Waals surface area contributed by atoms with Crippen molar-refractivity contribution in [3.63, 3.8) is 0 Å². The van der Waals surface area contributed by atoms with E-state index < -0.39 is 0 Å². The second kappa shape index (κ2) is 7.73. The van der Waals surface area contributed by atoms with Crippen molar-refractivity contribution in [1.82, 2.24) is 0 Å². The Morgan fingerprint density at radius 3 is 2.94 bits per heavy atom. The number of hydrogen-bond donors (Lipinski definition) is 0. The molecule has 0 fully saturated rings. The SMILES string of the molecule is CCCCCC[C@@H](C)Oc1cc[c]cc1C#N. The first-order chi connectivity index (χ1) is 8.27. The van der Waals surface area contributed by atoms with Gasteiger partial charge in [0.1, 0.15) is 11.8 Å². The maximum absolute atomic E-state index is 8.93. The minimum absolute atomic E-state index is 0.168. The summed E-state index contributed by atoms with van der Waals surface area (Å²) in [5.41, 5.74) is 0.563. The van der Waals surface area contributed by atoms with Gasteiger partial charge >= 0.3 is 0 Å².